The van der Waals surface area contributed by atoms with Crippen LogP contribution in [0.5, 0.6) is 5.75 Å². The molecule has 0 aliphatic carbocycles. The first-order valence-electron chi connectivity index (χ1n) is 17.8. The summed E-state index contributed by atoms with van der Waals surface area (Å²) < 4.78 is 9.01. The molecule has 0 spiro atoms. The van der Waals surface area contributed by atoms with Crippen LogP contribution < -0.4 is 20.7 Å². The van der Waals surface area contributed by atoms with Crippen molar-refractivity contribution in [2.24, 2.45) is 0 Å². The molecule has 52 heavy (non-hydrogen) atoms. The Morgan fingerprint density at radius 1 is 0.596 bits per heavy atom. The molecule has 3 aliphatic rings. The van der Waals surface area contributed by atoms with Gasteiger partial charge in [0.05, 0.1) is 33.5 Å². The van der Waals surface area contributed by atoms with Crippen LogP contribution in [0.1, 0.15) is 23.0 Å². The summed E-state index contributed by atoms with van der Waals surface area (Å²) in [6.45, 7) is 1.62. The molecule has 1 unspecified atom stereocenters. The van der Waals surface area contributed by atoms with Crippen LogP contribution in [-0.2, 0) is 0 Å². The van der Waals surface area contributed by atoms with Crippen LogP contribution in [0.3, 0.4) is 0 Å². The SMILES string of the molecule is C1=CC(c2ccc(-c3cc(C4=CCNC=C4)nc(-c4cccc(-n5c6ccccc6c6c7c(ccc65)NC(c5ccccc5)O7)c4)c3)cc2)=CCN1. The van der Waals surface area contributed by atoms with E-state index in [1.165, 1.54) is 11.1 Å². The van der Waals surface area contributed by atoms with E-state index in [1.54, 1.807) is 0 Å². The fourth-order valence-corrected chi connectivity index (χ4v) is 7.57. The number of dihydropyridines is 2. The normalized spacial score (nSPS) is 16.0. The van der Waals surface area contributed by atoms with E-state index in [9.17, 15) is 0 Å². The molecule has 6 nitrogen and oxygen atoms in total. The van der Waals surface area contributed by atoms with Crippen LogP contribution in [0.25, 0.3) is 61.0 Å². The molecule has 7 aromatic rings. The summed E-state index contributed by atoms with van der Waals surface area (Å²) in [6, 6.07) is 45.3. The molecule has 250 valence electrons. The summed E-state index contributed by atoms with van der Waals surface area (Å²) in [7, 11) is 0. The quantitative estimate of drug-likeness (QED) is 0.164. The van der Waals surface area contributed by atoms with Gasteiger partial charge < -0.3 is 25.3 Å². The number of allylic oxidation sites excluding steroid dienone is 4. The minimum Gasteiger partial charge on any atom is -0.464 e. The molecular weight excluding hydrogens is 639 g/mol. The van der Waals surface area contributed by atoms with E-state index in [-0.39, 0.29) is 6.23 Å². The largest absolute Gasteiger partial charge is 0.464 e. The molecule has 6 heteroatoms. The summed E-state index contributed by atoms with van der Waals surface area (Å²) in [6.07, 6.45) is 12.4. The van der Waals surface area contributed by atoms with Crippen molar-refractivity contribution in [1.29, 1.82) is 0 Å². The average molecular weight is 674 g/mol. The lowest BCUT2D eigenvalue weighted by Gasteiger charge is -2.15. The Kier molecular flexibility index (Phi) is 7.24. The minimum atomic E-state index is -0.237. The highest BCUT2D eigenvalue weighted by Gasteiger charge is 2.28. The number of para-hydroxylation sites is 1. The van der Waals surface area contributed by atoms with E-state index in [2.05, 4.69) is 154 Å². The first kappa shape index (κ1) is 30.1. The number of anilines is 1. The van der Waals surface area contributed by atoms with E-state index in [0.717, 1.165) is 91.2 Å². The van der Waals surface area contributed by atoms with Crippen molar-refractivity contribution in [3.8, 4) is 33.8 Å². The van der Waals surface area contributed by atoms with Crippen molar-refractivity contribution in [1.82, 2.24) is 20.2 Å². The molecule has 0 bridgehead atoms. The molecule has 0 amide bonds. The summed E-state index contributed by atoms with van der Waals surface area (Å²) in [5.41, 5.74) is 14.2. The minimum absolute atomic E-state index is 0.237. The van der Waals surface area contributed by atoms with Crippen molar-refractivity contribution < 1.29 is 4.74 Å². The van der Waals surface area contributed by atoms with Gasteiger partial charge in [-0.05, 0) is 94.9 Å². The van der Waals surface area contributed by atoms with E-state index < -0.39 is 0 Å². The number of benzene rings is 5. The van der Waals surface area contributed by atoms with Gasteiger partial charge in [-0.2, -0.15) is 0 Å². The maximum atomic E-state index is 6.67. The zero-order chi connectivity index (χ0) is 34.4. The van der Waals surface area contributed by atoms with Gasteiger partial charge >= 0.3 is 0 Å². The predicted octanol–water partition coefficient (Wildman–Crippen LogP) is 10.0. The molecule has 0 radical (unpaired) electrons. The summed E-state index contributed by atoms with van der Waals surface area (Å²) >= 11 is 0. The Bertz CT molecular complexity index is 2630. The number of hydrogen-bond acceptors (Lipinski definition) is 5. The summed E-state index contributed by atoms with van der Waals surface area (Å²) in [4.78, 5) is 5.27. The Morgan fingerprint density at radius 3 is 2.15 bits per heavy atom. The second-order valence-corrected chi connectivity index (χ2v) is 13.3. The first-order valence-corrected chi connectivity index (χ1v) is 17.8. The lowest BCUT2D eigenvalue weighted by Crippen LogP contribution is -2.09. The Balaban J connectivity index is 1.08. The molecule has 0 saturated heterocycles. The van der Waals surface area contributed by atoms with Gasteiger partial charge in [-0.25, -0.2) is 4.98 Å². The van der Waals surface area contributed by atoms with Gasteiger partial charge in [0.1, 0.15) is 0 Å². The lowest BCUT2D eigenvalue weighted by atomic mass is 9.96. The third-order valence-electron chi connectivity index (χ3n) is 10.1. The van der Waals surface area contributed by atoms with Gasteiger partial charge in [0.25, 0.3) is 0 Å². The van der Waals surface area contributed by atoms with Crippen LogP contribution in [-0.4, -0.2) is 22.6 Å². The lowest BCUT2D eigenvalue weighted by molar-refractivity contribution is 0.263. The van der Waals surface area contributed by atoms with Crippen LogP contribution in [0.2, 0.25) is 0 Å². The molecule has 3 aliphatic heterocycles. The Hall–Kier alpha value is -6.79. The number of aromatic nitrogens is 2. The molecule has 0 fully saturated rings. The van der Waals surface area contributed by atoms with E-state index in [0.29, 0.717) is 0 Å². The van der Waals surface area contributed by atoms with Gasteiger partial charge in [0.15, 0.2) is 12.0 Å². The zero-order valence-corrected chi connectivity index (χ0v) is 28.4. The van der Waals surface area contributed by atoms with Crippen molar-refractivity contribution in [2.75, 3.05) is 18.4 Å². The highest BCUT2D eigenvalue weighted by Crippen LogP contribution is 2.47. The number of fused-ring (bicyclic) bond motifs is 5. The standard InChI is InChI=1S/C46H35N5O/c1-2-7-34(8-3-1)46-50-39-17-18-43-44(45(39)52-46)38-11-4-5-12-42(38)51(43)37-10-6-9-35(27-37)41-29-36(28-40(49-41)33-21-25-48-26-22-33)31-15-13-30(14-16-31)32-19-23-47-24-20-32/h1-23,25,27-29,46-48,50H,24,26H2. The molecule has 2 aromatic heterocycles. The smallest absolute Gasteiger partial charge is 0.196 e. The fourth-order valence-electron chi connectivity index (χ4n) is 7.57. The van der Waals surface area contributed by atoms with Crippen molar-refractivity contribution >= 4 is 38.6 Å². The number of nitrogens with one attached hydrogen (secondary N) is 3. The number of nitrogens with zero attached hydrogens (tertiary/aromatic N) is 2. The maximum Gasteiger partial charge on any atom is 0.196 e. The molecule has 1 atom stereocenters. The van der Waals surface area contributed by atoms with E-state index in [1.807, 2.05) is 30.6 Å². The third-order valence-corrected chi connectivity index (χ3v) is 10.1. The first-order chi connectivity index (χ1) is 25.8. The highest BCUT2D eigenvalue weighted by molar-refractivity contribution is 6.14. The second-order valence-electron chi connectivity index (χ2n) is 13.3. The molecule has 0 saturated carbocycles. The summed E-state index contributed by atoms with van der Waals surface area (Å²) in [5, 5.41) is 12.4. The maximum absolute atomic E-state index is 6.67. The number of rotatable bonds is 6. The van der Waals surface area contributed by atoms with E-state index in [4.69, 9.17) is 9.72 Å². The Morgan fingerprint density at radius 2 is 1.35 bits per heavy atom. The molecular formula is C46H35N5O. The van der Waals surface area contributed by atoms with Gasteiger partial charge in [0, 0.05) is 35.3 Å². The van der Waals surface area contributed by atoms with Gasteiger partial charge in [0.2, 0.25) is 0 Å². The molecule has 5 heterocycles. The van der Waals surface area contributed by atoms with E-state index >= 15 is 0 Å². The number of ether oxygens (including phenoxy) is 1. The second kappa shape index (κ2) is 12.5. The average Bonchev–Trinajstić information content (AvgIpc) is 3.82. The zero-order valence-electron chi connectivity index (χ0n) is 28.4. The molecule has 5 aromatic carbocycles. The van der Waals surface area contributed by atoms with Gasteiger partial charge in [-0.3, -0.25) is 0 Å². The van der Waals surface area contributed by atoms with Crippen LogP contribution >= 0.6 is 0 Å². The van der Waals surface area contributed by atoms with Crippen molar-refractivity contribution in [2.45, 2.75) is 6.23 Å². The Labute approximate surface area is 302 Å². The van der Waals surface area contributed by atoms with Crippen LogP contribution in [0.4, 0.5) is 5.69 Å². The third kappa shape index (κ3) is 5.24. The van der Waals surface area contributed by atoms with Gasteiger partial charge in [-0.15, -0.1) is 0 Å². The monoisotopic (exact) mass is 673 g/mol. The van der Waals surface area contributed by atoms with Gasteiger partial charge in [-0.1, -0.05) is 97.1 Å². The van der Waals surface area contributed by atoms with Crippen molar-refractivity contribution in [3.63, 3.8) is 0 Å². The van der Waals surface area contributed by atoms with Crippen molar-refractivity contribution in [3.05, 3.63) is 181 Å². The topological polar surface area (TPSA) is 63.1 Å². The number of hydrogen-bond donors (Lipinski definition) is 3. The summed E-state index contributed by atoms with van der Waals surface area (Å²) in [5.74, 6) is 0.887. The molecule has 3 N–H and O–H groups in total. The highest BCUT2D eigenvalue weighted by atomic mass is 16.5. The van der Waals surface area contributed by atoms with Crippen LogP contribution in [0.15, 0.2) is 164 Å². The fraction of sp³-hybridized carbons (Fsp3) is 0.0652. The molecule has 10 rings (SSSR count). The number of pyridine rings is 1. The van der Waals surface area contributed by atoms with Crippen LogP contribution in [0, 0.1) is 0 Å². The predicted molar refractivity (Wildman–Crippen MR) is 213 cm³/mol.